The van der Waals surface area contributed by atoms with E-state index in [1.54, 1.807) is 13.3 Å². The van der Waals surface area contributed by atoms with Gasteiger partial charge in [0, 0.05) is 5.56 Å². The van der Waals surface area contributed by atoms with Crippen LogP contribution >= 0.6 is 0 Å². The number of hydrogen-bond acceptors (Lipinski definition) is 6. The lowest BCUT2D eigenvalue weighted by atomic mass is 10.2. The van der Waals surface area contributed by atoms with Crippen LogP contribution in [0, 0.1) is 0 Å². The number of fused-ring (bicyclic) bond motifs is 1. The normalized spacial score (nSPS) is 13.2. The second-order valence-corrected chi connectivity index (χ2v) is 3.54. The first-order valence-corrected chi connectivity index (χ1v) is 5.23. The number of benzene rings is 1. The molecule has 7 nitrogen and oxygen atoms in total. The minimum atomic E-state index is 0.206. The molecule has 0 atom stereocenters. The van der Waals surface area contributed by atoms with Gasteiger partial charge in [0.15, 0.2) is 11.5 Å². The fourth-order valence-electron chi connectivity index (χ4n) is 1.61. The van der Waals surface area contributed by atoms with Crippen LogP contribution in [0.15, 0.2) is 29.9 Å². The quantitative estimate of drug-likeness (QED) is 0.752. The third-order valence-corrected chi connectivity index (χ3v) is 2.43. The summed E-state index contributed by atoms with van der Waals surface area (Å²) in [6.45, 7) is 0.206. The van der Waals surface area contributed by atoms with Gasteiger partial charge in [-0.2, -0.15) is 5.10 Å². The Balaban J connectivity index is 1.93. The van der Waals surface area contributed by atoms with Crippen molar-refractivity contribution in [2.75, 3.05) is 13.9 Å². The maximum Gasteiger partial charge on any atom is 0.231 e. The Labute approximate surface area is 103 Å². The summed E-state index contributed by atoms with van der Waals surface area (Å²) >= 11 is 0. The van der Waals surface area contributed by atoms with Crippen molar-refractivity contribution in [1.29, 1.82) is 0 Å². The van der Waals surface area contributed by atoms with Gasteiger partial charge in [-0.3, -0.25) is 0 Å². The van der Waals surface area contributed by atoms with Crippen LogP contribution in [0.3, 0.4) is 0 Å². The zero-order chi connectivity index (χ0) is 12.4. The monoisotopic (exact) mass is 246 g/mol. The average molecular weight is 246 g/mol. The van der Waals surface area contributed by atoms with E-state index in [-0.39, 0.29) is 6.79 Å². The third-order valence-electron chi connectivity index (χ3n) is 2.43. The maximum atomic E-state index is 5.32. The van der Waals surface area contributed by atoms with Crippen molar-refractivity contribution in [1.82, 2.24) is 14.9 Å². The number of ether oxygens (including phenoxy) is 3. The molecular weight excluding hydrogens is 236 g/mol. The minimum absolute atomic E-state index is 0.206. The fourth-order valence-corrected chi connectivity index (χ4v) is 1.61. The molecule has 0 amide bonds. The van der Waals surface area contributed by atoms with E-state index in [9.17, 15) is 0 Å². The lowest BCUT2D eigenvalue weighted by Gasteiger charge is -2.05. The molecule has 1 aromatic heterocycles. The van der Waals surface area contributed by atoms with Crippen LogP contribution in [-0.4, -0.2) is 35.0 Å². The number of hydrogen-bond donors (Lipinski definition) is 0. The molecule has 0 unspecified atom stereocenters. The van der Waals surface area contributed by atoms with Crippen molar-refractivity contribution in [2.24, 2.45) is 5.10 Å². The summed E-state index contributed by atoms with van der Waals surface area (Å²) in [6, 6.07) is 3.65. The van der Waals surface area contributed by atoms with Crippen molar-refractivity contribution < 1.29 is 14.2 Å². The number of methoxy groups -OCH3 is 1. The molecule has 0 spiro atoms. The van der Waals surface area contributed by atoms with Crippen LogP contribution < -0.4 is 14.2 Å². The maximum absolute atomic E-state index is 5.32. The summed E-state index contributed by atoms with van der Waals surface area (Å²) < 4.78 is 17.4. The van der Waals surface area contributed by atoms with E-state index >= 15 is 0 Å². The van der Waals surface area contributed by atoms with Gasteiger partial charge in [-0.15, -0.1) is 10.2 Å². The standard InChI is InChI=1S/C11H10N4O3/c1-16-9-2-8(3-10-11(9)18-7-17-10)4-14-15-5-12-13-6-15/h2-6H,7H2,1H3/b14-4-. The zero-order valence-corrected chi connectivity index (χ0v) is 9.61. The molecule has 3 rings (SSSR count). The van der Waals surface area contributed by atoms with Crippen LogP contribution in [-0.2, 0) is 0 Å². The van der Waals surface area contributed by atoms with Crippen LogP contribution in [0.2, 0.25) is 0 Å². The molecule has 2 aromatic rings. The molecule has 0 N–H and O–H groups in total. The molecule has 1 aliphatic heterocycles. The van der Waals surface area contributed by atoms with E-state index in [0.29, 0.717) is 17.2 Å². The Morgan fingerprint density at radius 1 is 1.33 bits per heavy atom. The summed E-state index contributed by atoms with van der Waals surface area (Å²) in [5.41, 5.74) is 0.838. The molecule has 0 radical (unpaired) electrons. The Kier molecular flexibility index (Phi) is 2.56. The van der Waals surface area contributed by atoms with Crippen LogP contribution in [0.25, 0.3) is 0 Å². The molecule has 0 bridgehead atoms. The van der Waals surface area contributed by atoms with E-state index in [2.05, 4.69) is 15.3 Å². The van der Waals surface area contributed by atoms with Gasteiger partial charge < -0.3 is 14.2 Å². The molecule has 2 heterocycles. The Morgan fingerprint density at radius 2 is 2.17 bits per heavy atom. The van der Waals surface area contributed by atoms with Crippen LogP contribution in [0.1, 0.15) is 5.56 Å². The topological polar surface area (TPSA) is 70.8 Å². The second kappa shape index (κ2) is 4.36. The van der Waals surface area contributed by atoms with Crippen molar-refractivity contribution in [3.8, 4) is 17.2 Å². The van der Waals surface area contributed by atoms with Crippen molar-refractivity contribution in [3.63, 3.8) is 0 Å². The van der Waals surface area contributed by atoms with Gasteiger partial charge in [-0.1, -0.05) is 0 Å². The highest BCUT2D eigenvalue weighted by molar-refractivity contribution is 5.82. The molecule has 0 saturated heterocycles. The minimum Gasteiger partial charge on any atom is -0.493 e. The number of nitrogens with zero attached hydrogens (tertiary/aromatic N) is 4. The highest BCUT2D eigenvalue weighted by atomic mass is 16.7. The first-order chi connectivity index (χ1) is 8.86. The Bertz CT molecular complexity index is 580. The predicted molar refractivity (Wildman–Crippen MR) is 62.1 cm³/mol. The van der Waals surface area contributed by atoms with Gasteiger partial charge in [0.05, 0.1) is 13.3 Å². The van der Waals surface area contributed by atoms with E-state index in [4.69, 9.17) is 14.2 Å². The van der Waals surface area contributed by atoms with Gasteiger partial charge in [0.25, 0.3) is 0 Å². The van der Waals surface area contributed by atoms with E-state index in [1.807, 2.05) is 12.1 Å². The Morgan fingerprint density at radius 3 is 2.94 bits per heavy atom. The summed E-state index contributed by atoms with van der Waals surface area (Å²) in [4.78, 5) is 0. The summed E-state index contributed by atoms with van der Waals surface area (Å²) in [6.07, 6.45) is 4.66. The van der Waals surface area contributed by atoms with Crippen molar-refractivity contribution in [2.45, 2.75) is 0 Å². The van der Waals surface area contributed by atoms with Crippen molar-refractivity contribution in [3.05, 3.63) is 30.4 Å². The van der Waals surface area contributed by atoms with Gasteiger partial charge >= 0.3 is 0 Å². The zero-order valence-electron chi connectivity index (χ0n) is 9.61. The first kappa shape index (κ1) is 10.6. The van der Waals surface area contributed by atoms with E-state index in [1.165, 1.54) is 17.3 Å². The second-order valence-electron chi connectivity index (χ2n) is 3.54. The molecule has 7 heteroatoms. The largest absolute Gasteiger partial charge is 0.493 e. The van der Waals surface area contributed by atoms with Crippen LogP contribution in [0.4, 0.5) is 0 Å². The van der Waals surface area contributed by atoms with E-state index in [0.717, 1.165) is 5.56 Å². The van der Waals surface area contributed by atoms with Gasteiger partial charge in [-0.05, 0) is 12.1 Å². The lowest BCUT2D eigenvalue weighted by Crippen LogP contribution is -1.93. The highest BCUT2D eigenvalue weighted by Crippen LogP contribution is 2.41. The van der Waals surface area contributed by atoms with E-state index < -0.39 is 0 Å². The molecule has 0 saturated carbocycles. The third kappa shape index (κ3) is 1.86. The average Bonchev–Trinajstić information content (AvgIpc) is 3.06. The van der Waals surface area contributed by atoms with Gasteiger partial charge in [-0.25, -0.2) is 4.68 Å². The SMILES string of the molecule is COc1cc(/C=N\n2cnnc2)cc2c1OCO2. The molecule has 18 heavy (non-hydrogen) atoms. The summed E-state index contributed by atoms with van der Waals surface area (Å²) in [5, 5.41) is 11.5. The van der Waals surface area contributed by atoms with Gasteiger partial charge in [0.1, 0.15) is 12.7 Å². The molecule has 0 fully saturated rings. The predicted octanol–water partition coefficient (Wildman–Crippen LogP) is 0.898. The molecule has 0 aliphatic carbocycles. The molecule has 1 aromatic carbocycles. The molecule has 1 aliphatic rings. The van der Waals surface area contributed by atoms with Crippen LogP contribution in [0.5, 0.6) is 17.2 Å². The number of rotatable bonds is 3. The Hall–Kier alpha value is -2.57. The molecular formula is C11H10N4O3. The number of aromatic nitrogens is 3. The smallest absolute Gasteiger partial charge is 0.231 e. The molecule has 92 valence electrons. The summed E-state index contributed by atoms with van der Waals surface area (Å²) in [7, 11) is 1.58. The van der Waals surface area contributed by atoms with Gasteiger partial charge in [0.2, 0.25) is 12.5 Å². The first-order valence-electron chi connectivity index (χ1n) is 5.23. The fraction of sp³-hybridized carbons (Fsp3) is 0.182. The van der Waals surface area contributed by atoms with Crippen molar-refractivity contribution >= 4 is 6.21 Å². The highest BCUT2D eigenvalue weighted by Gasteiger charge is 2.19. The lowest BCUT2D eigenvalue weighted by molar-refractivity contribution is 0.171. The summed E-state index contributed by atoms with van der Waals surface area (Å²) in [5.74, 6) is 1.90.